The molecule has 12 unspecified atom stereocenters. The molecule has 0 spiro atoms. The van der Waals surface area contributed by atoms with Crippen molar-refractivity contribution in [1.82, 2.24) is 5.32 Å². The van der Waals surface area contributed by atoms with E-state index in [4.69, 9.17) is 18.9 Å². The van der Waals surface area contributed by atoms with Gasteiger partial charge in [-0.2, -0.15) is 0 Å². The number of aliphatic hydroxyl groups excluding tert-OH is 8. The van der Waals surface area contributed by atoms with Gasteiger partial charge in [-0.3, -0.25) is 4.79 Å². The van der Waals surface area contributed by atoms with E-state index in [1.54, 1.807) is 6.08 Å². The van der Waals surface area contributed by atoms with Gasteiger partial charge in [0.1, 0.15) is 48.8 Å². The predicted octanol–water partition coefficient (Wildman–Crippen LogP) is 20.3. The minimum atomic E-state index is -1.79. The Hall–Kier alpha value is -2.31. The number of hydrogen-bond donors (Lipinski definition) is 9. The number of carbonyl (C=O) groups excluding carboxylic acids is 1. The highest BCUT2D eigenvalue weighted by Crippen LogP contribution is 2.30. The lowest BCUT2D eigenvalue weighted by Crippen LogP contribution is -2.65. The van der Waals surface area contributed by atoms with E-state index in [9.17, 15) is 45.6 Å². The van der Waals surface area contributed by atoms with Crippen LogP contribution in [0, 0.1) is 0 Å². The number of allylic oxidation sites excluding steroid dienone is 9. The number of aliphatic hydroxyl groups is 8. The summed E-state index contributed by atoms with van der Waals surface area (Å²) in [6.07, 6.45) is 80.5. The number of ether oxygens (including phenoxy) is 4. The number of amides is 1. The van der Waals surface area contributed by atoms with Gasteiger partial charge >= 0.3 is 0 Å². The molecule has 0 aliphatic carbocycles. The van der Waals surface area contributed by atoms with Gasteiger partial charge in [-0.1, -0.05) is 376 Å². The van der Waals surface area contributed by atoms with E-state index in [1.807, 2.05) is 6.08 Å². The van der Waals surface area contributed by atoms with Gasteiger partial charge in [-0.15, -0.1) is 0 Å². The van der Waals surface area contributed by atoms with Crippen molar-refractivity contribution in [2.24, 2.45) is 0 Å². The molecule has 0 aromatic heterocycles. The molecule has 2 fully saturated rings. The van der Waals surface area contributed by atoms with Crippen molar-refractivity contribution in [2.75, 3.05) is 19.8 Å². The van der Waals surface area contributed by atoms with Crippen LogP contribution in [0.1, 0.15) is 393 Å². The second-order valence-corrected chi connectivity index (χ2v) is 30.3. The van der Waals surface area contributed by atoms with Gasteiger partial charge in [0.05, 0.1) is 32.0 Å². The summed E-state index contributed by atoms with van der Waals surface area (Å²) in [5.41, 5.74) is 0. The summed E-state index contributed by atoms with van der Waals surface area (Å²) in [7, 11) is 0. The highest BCUT2D eigenvalue weighted by Gasteiger charge is 2.51. The first kappa shape index (κ1) is 94.8. The molecule has 0 saturated carbocycles. The van der Waals surface area contributed by atoms with Crippen molar-refractivity contribution in [2.45, 2.75) is 466 Å². The van der Waals surface area contributed by atoms with Crippen molar-refractivity contribution >= 4 is 5.91 Å². The molecule has 1 amide bonds. The van der Waals surface area contributed by atoms with Gasteiger partial charge in [0.15, 0.2) is 12.6 Å². The highest BCUT2D eigenvalue weighted by molar-refractivity contribution is 5.76. The Kier molecular flexibility index (Phi) is 66.3. The van der Waals surface area contributed by atoms with Crippen LogP contribution in [0.4, 0.5) is 0 Å². The van der Waals surface area contributed by atoms with Crippen LogP contribution in [0.15, 0.2) is 60.8 Å². The summed E-state index contributed by atoms with van der Waals surface area (Å²) in [6.45, 7) is 2.83. The third kappa shape index (κ3) is 53.2. The molecule has 101 heavy (non-hydrogen) atoms. The standard InChI is InChI=1S/C87H161NO13/c1-3-5-7-9-11-13-15-17-19-21-23-25-27-29-31-32-33-34-35-36-37-38-39-40-41-42-43-44-45-47-49-51-53-55-57-59-61-63-65-67-69-71-79(92)88-75(74-98-86-84(97)82(95)85(78(73-90)100-86)101-87-83(96)81(94)80(93)77(72-89)99-87)76(91)70-68-66-64-62-60-58-56-54-52-50-48-46-30-28-26-24-22-20-18-16-14-12-10-8-6-4-2/h15,17,21,23,27,29,60,62,68,70,75-78,80-87,89-91,93-97H,3-14,16,18-20,22,24-26,28,30-59,61,63-67,69,71-74H2,1-2H3,(H,88,92)/b17-15-,23-21-,29-27-,62-60+,70-68+. The maximum absolute atomic E-state index is 13.4. The van der Waals surface area contributed by atoms with Gasteiger partial charge in [0, 0.05) is 6.42 Å². The molecule has 9 N–H and O–H groups in total. The molecule has 2 heterocycles. The van der Waals surface area contributed by atoms with E-state index in [0.29, 0.717) is 12.8 Å². The van der Waals surface area contributed by atoms with E-state index in [0.717, 1.165) is 44.9 Å². The maximum atomic E-state index is 13.4. The molecule has 0 aromatic carbocycles. The monoisotopic (exact) mass is 1430 g/mol. The van der Waals surface area contributed by atoms with Gasteiger partial charge < -0.3 is 65.1 Å². The first-order valence-corrected chi connectivity index (χ1v) is 43.0. The summed E-state index contributed by atoms with van der Waals surface area (Å²) in [6, 6.07) is -0.933. The normalized spacial score (nSPS) is 22.0. The quantitative estimate of drug-likeness (QED) is 0.0204. The molecular formula is C87H161NO13. The van der Waals surface area contributed by atoms with Crippen LogP contribution in [-0.4, -0.2) is 140 Å². The summed E-state index contributed by atoms with van der Waals surface area (Å²) in [5, 5.41) is 87.7. The van der Waals surface area contributed by atoms with E-state index in [1.165, 1.54) is 315 Å². The summed E-state index contributed by atoms with van der Waals surface area (Å²) < 4.78 is 22.9. The molecule has 2 aliphatic rings. The third-order valence-corrected chi connectivity index (χ3v) is 20.9. The smallest absolute Gasteiger partial charge is 0.220 e. The van der Waals surface area contributed by atoms with Crippen LogP contribution in [0.5, 0.6) is 0 Å². The van der Waals surface area contributed by atoms with Crippen molar-refractivity contribution in [3.63, 3.8) is 0 Å². The van der Waals surface area contributed by atoms with E-state index in [-0.39, 0.29) is 18.9 Å². The van der Waals surface area contributed by atoms with Crippen molar-refractivity contribution in [1.29, 1.82) is 0 Å². The van der Waals surface area contributed by atoms with Crippen molar-refractivity contribution in [3.05, 3.63) is 60.8 Å². The van der Waals surface area contributed by atoms with Crippen LogP contribution in [0.3, 0.4) is 0 Å². The largest absolute Gasteiger partial charge is 0.394 e. The highest BCUT2D eigenvalue weighted by atomic mass is 16.7. The molecule has 592 valence electrons. The minimum Gasteiger partial charge on any atom is -0.394 e. The number of carbonyl (C=O) groups is 1. The molecule has 0 aromatic rings. The molecule has 14 nitrogen and oxygen atoms in total. The van der Waals surface area contributed by atoms with Crippen LogP contribution in [0.2, 0.25) is 0 Å². The number of hydrogen-bond acceptors (Lipinski definition) is 13. The fraction of sp³-hybridized carbons (Fsp3) is 0.874. The molecule has 12 atom stereocenters. The summed E-state index contributed by atoms with van der Waals surface area (Å²) in [4.78, 5) is 13.4. The number of unbranched alkanes of at least 4 members (excludes halogenated alkanes) is 52. The second kappa shape index (κ2) is 70.7. The molecule has 2 aliphatic heterocycles. The molecule has 14 heteroatoms. The second-order valence-electron chi connectivity index (χ2n) is 30.3. The van der Waals surface area contributed by atoms with Gasteiger partial charge in [-0.05, 0) is 70.6 Å². The zero-order chi connectivity index (χ0) is 73.0. The predicted molar refractivity (Wildman–Crippen MR) is 420 cm³/mol. The topological polar surface area (TPSA) is 228 Å². The van der Waals surface area contributed by atoms with Crippen LogP contribution in [0.25, 0.3) is 0 Å². The maximum Gasteiger partial charge on any atom is 0.220 e. The first-order chi connectivity index (χ1) is 49.6. The fourth-order valence-electron chi connectivity index (χ4n) is 14.1. The Morgan fingerprint density at radius 2 is 0.663 bits per heavy atom. The lowest BCUT2D eigenvalue weighted by Gasteiger charge is -2.46. The number of nitrogens with one attached hydrogen (secondary N) is 1. The van der Waals surface area contributed by atoms with Crippen LogP contribution >= 0.6 is 0 Å². The average molecular weight is 1430 g/mol. The SMILES string of the molecule is CCCCCCC/C=C\C/C=C\C/C=C\CCCCCCCCCCCCCCCCCCCCCCCCCCCCC(=O)NC(COC1OC(CO)C(OC2OC(CO)C(O)C(O)C2O)C(O)C1O)C(O)/C=C/CC/C=C/CCCCCCCCCCCCCCCCCCCCCC. The molecule has 2 rings (SSSR count). The number of rotatable bonds is 73. The average Bonchev–Trinajstić information content (AvgIpc) is 0.792. The molecule has 0 radical (unpaired) electrons. The molecule has 2 saturated heterocycles. The van der Waals surface area contributed by atoms with Crippen LogP contribution < -0.4 is 5.32 Å². The van der Waals surface area contributed by atoms with E-state index >= 15 is 0 Å². The Morgan fingerprint density at radius 1 is 0.356 bits per heavy atom. The first-order valence-electron chi connectivity index (χ1n) is 43.0. The lowest BCUT2D eigenvalue weighted by atomic mass is 9.97. The van der Waals surface area contributed by atoms with Gasteiger partial charge in [-0.25, -0.2) is 0 Å². The van der Waals surface area contributed by atoms with E-state index in [2.05, 4.69) is 67.8 Å². The van der Waals surface area contributed by atoms with Gasteiger partial charge in [0.25, 0.3) is 0 Å². The third-order valence-electron chi connectivity index (χ3n) is 20.9. The lowest BCUT2D eigenvalue weighted by molar-refractivity contribution is -0.359. The Morgan fingerprint density at radius 3 is 1.04 bits per heavy atom. The van der Waals surface area contributed by atoms with Crippen molar-refractivity contribution < 1.29 is 64.6 Å². The van der Waals surface area contributed by atoms with E-state index < -0.39 is 86.8 Å². The zero-order valence-corrected chi connectivity index (χ0v) is 65.2. The van der Waals surface area contributed by atoms with Gasteiger partial charge in [0.2, 0.25) is 5.91 Å². The van der Waals surface area contributed by atoms with Crippen LogP contribution in [-0.2, 0) is 23.7 Å². The fourth-order valence-corrected chi connectivity index (χ4v) is 14.1. The zero-order valence-electron chi connectivity index (χ0n) is 65.2. The molecular weight excluding hydrogens is 1270 g/mol. The Bertz CT molecular complexity index is 1930. The summed E-state index contributed by atoms with van der Waals surface area (Å²) >= 11 is 0. The Labute approximate surface area is 619 Å². The molecule has 0 bridgehead atoms. The Balaban J connectivity index is 1.57. The minimum absolute atomic E-state index is 0.241. The van der Waals surface area contributed by atoms with Crippen molar-refractivity contribution in [3.8, 4) is 0 Å². The summed E-state index contributed by atoms with van der Waals surface area (Å²) in [5.74, 6) is -0.241.